The van der Waals surface area contributed by atoms with Gasteiger partial charge >= 0.3 is 0 Å². The van der Waals surface area contributed by atoms with Gasteiger partial charge in [0.1, 0.15) is 17.6 Å². The first kappa shape index (κ1) is 13.7. The molecule has 1 unspecified atom stereocenters. The monoisotopic (exact) mass is 275 g/mol. The second kappa shape index (κ2) is 6.04. The average molecular weight is 275 g/mol. The third kappa shape index (κ3) is 2.78. The number of hydrogen-bond donors (Lipinski definition) is 1. The molecule has 1 aliphatic carbocycles. The molecule has 0 amide bonds. The summed E-state index contributed by atoms with van der Waals surface area (Å²) in [6.07, 6.45) is 9.23. The molecule has 0 spiro atoms. The molecule has 0 bridgehead atoms. The van der Waals surface area contributed by atoms with Crippen molar-refractivity contribution in [1.82, 2.24) is 0 Å². The van der Waals surface area contributed by atoms with E-state index in [1.54, 1.807) is 7.11 Å². The van der Waals surface area contributed by atoms with E-state index in [-0.39, 0.29) is 12.1 Å². The highest BCUT2D eigenvalue weighted by molar-refractivity contribution is 5.43. The van der Waals surface area contributed by atoms with Crippen LogP contribution in [0.2, 0.25) is 0 Å². The van der Waals surface area contributed by atoms with Gasteiger partial charge in [-0.3, -0.25) is 0 Å². The zero-order valence-electron chi connectivity index (χ0n) is 12.3. The first-order valence-corrected chi connectivity index (χ1v) is 7.88. The van der Waals surface area contributed by atoms with E-state index in [4.69, 9.17) is 15.2 Å². The summed E-state index contributed by atoms with van der Waals surface area (Å²) >= 11 is 0. The maximum absolute atomic E-state index is 6.35. The maximum atomic E-state index is 6.35. The predicted molar refractivity (Wildman–Crippen MR) is 80.1 cm³/mol. The van der Waals surface area contributed by atoms with Crippen LogP contribution in [0.5, 0.6) is 11.5 Å². The lowest BCUT2D eigenvalue weighted by atomic mass is 9.86. The van der Waals surface area contributed by atoms with Crippen LogP contribution in [0.25, 0.3) is 0 Å². The number of ether oxygens (including phenoxy) is 2. The van der Waals surface area contributed by atoms with Crippen molar-refractivity contribution in [3.05, 3.63) is 23.8 Å². The van der Waals surface area contributed by atoms with E-state index >= 15 is 0 Å². The Kier molecular flexibility index (Phi) is 4.16. The molecule has 0 radical (unpaired) electrons. The zero-order chi connectivity index (χ0) is 13.9. The van der Waals surface area contributed by atoms with Crippen LogP contribution in [0, 0.1) is 5.92 Å². The molecule has 2 N–H and O–H groups in total. The lowest BCUT2D eigenvalue weighted by molar-refractivity contribution is 0.0902. The van der Waals surface area contributed by atoms with E-state index in [1.807, 2.05) is 18.2 Å². The molecular formula is C17H25NO2. The van der Waals surface area contributed by atoms with Crippen molar-refractivity contribution < 1.29 is 9.47 Å². The van der Waals surface area contributed by atoms with Crippen molar-refractivity contribution in [3.63, 3.8) is 0 Å². The van der Waals surface area contributed by atoms with Crippen molar-refractivity contribution in [2.75, 3.05) is 7.11 Å². The minimum Gasteiger partial charge on any atom is -0.497 e. The quantitative estimate of drug-likeness (QED) is 0.835. The maximum Gasteiger partial charge on any atom is 0.128 e. The Balaban J connectivity index is 1.79. The first-order valence-electron chi connectivity index (χ1n) is 7.88. The van der Waals surface area contributed by atoms with Crippen LogP contribution < -0.4 is 15.2 Å². The fourth-order valence-corrected chi connectivity index (χ4v) is 3.61. The molecule has 1 aliphatic heterocycles. The Morgan fingerprint density at radius 1 is 1.15 bits per heavy atom. The zero-order valence-corrected chi connectivity index (χ0v) is 12.3. The molecular weight excluding hydrogens is 250 g/mol. The number of benzene rings is 1. The molecule has 3 rings (SSSR count). The van der Waals surface area contributed by atoms with Crippen molar-refractivity contribution in [3.8, 4) is 11.5 Å². The number of hydrogen-bond acceptors (Lipinski definition) is 3. The Labute approximate surface area is 121 Å². The number of rotatable bonds is 2. The van der Waals surface area contributed by atoms with Gasteiger partial charge in [0.2, 0.25) is 0 Å². The molecule has 1 fully saturated rings. The third-order valence-corrected chi connectivity index (χ3v) is 4.81. The molecule has 1 heterocycles. The van der Waals surface area contributed by atoms with Crippen LogP contribution in [0.3, 0.4) is 0 Å². The summed E-state index contributed by atoms with van der Waals surface area (Å²) in [6.45, 7) is 0. The topological polar surface area (TPSA) is 44.5 Å². The van der Waals surface area contributed by atoms with Crippen LogP contribution in [0.4, 0.5) is 0 Å². The van der Waals surface area contributed by atoms with Crippen molar-refractivity contribution in [2.24, 2.45) is 11.7 Å². The predicted octanol–water partition coefficient (Wildman–Crippen LogP) is 3.82. The van der Waals surface area contributed by atoms with Gasteiger partial charge in [-0.25, -0.2) is 0 Å². The fraction of sp³-hybridized carbons (Fsp3) is 0.647. The van der Waals surface area contributed by atoms with Gasteiger partial charge in [0, 0.05) is 24.1 Å². The molecule has 1 saturated carbocycles. The number of nitrogens with two attached hydrogens (primary N) is 1. The molecule has 0 aromatic heterocycles. The summed E-state index contributed by atoms with van der Waals surface area (Å²) in [5.41, 5.74) is 7.47. The number of methoxy groups -OCH3 is 1. The standard InChI is InChI=1S/C17H25NO2/c1-19-13-8-9-14-15(18)11-16(20-17(14)10-13)12-6-4-2-3-5-7-12/h8-10,12,15-16H,2-7,11,18H2,1H3/t15-,16?/m1/s1. The van der Waals surface area contributed by atoms with E-state index in [2.05, 4.69) is 0 Å². The number of fused-ring (bicyclic) bond motifs is 1. The molecule has 0 saturated heterocycles. The Bertz CT molecular complexity index is 452. The Hall–Kier alpha value is -1.22. The highest BCUT2D eigenvalue weighted by Crippen LogP contribution is 2.40. The van der Waals surface area contributed by atoms with Gasteiger partial charge in [-0.2, -0.15) is 0 Å². The second-order valence-corrected chi connectivity index (χ2v) is 6.15. The highest BCUT2D eigenvalue weighted by Gasteiger charge is 2.32. The van der Waals surface area contributed by atoms with Gasteiger partial charge in [0.05, 0.1) is 7.11 Å². The van der Waals surface area contributed by atoms with Crippen LogP contribution in [-0.4, -0.2) is 13.2 Å². The van der Waals surface area contributed by atoms with Crippen molar-refractivity contribution in [1.29, 1.82) is 0 Å². The lowest BCUT2D eigenvalue weighted by Gasteiger charge is -2.35. The minimum absolute atomic E-state index is 0.0953. The van der Waals surface area contributed by atoms with E-state index in [9.17, 15) is 0 Å². The van der Waals surface area contributed by atoms with Crippen molar-refractivity contribution in [2.45, 2.75) is 57.1 Å². The van der Waals surface area contributed by atoms with Gasteiger partial charge in [-0.1, -0.05) is 31.7 Å². The van der Waals surface area contributed by atoms with E-state index < -0.39 is 0 Å². The molecule has 1 aromatic carbocycles. The molecule has 110 valence electrons. The molecule has 3 nitrogen and oxygen atoms in total. The first-order chi connectivity index (χ1) is 9.78. The van der Waals surface area contributed by atoms with E-state index in [1.165, 1.54) is 38.5 Å². The van der Waals surface area contributed by atoms with Crippen molar-refractivity contribution >= 4 is 0 Å². The Morgan fingerprint density at radius 2 is 1.90 bits per heavy atom. The minimum atomic E-state index is 0.0953. The third-order valence-electron chi connectivity index (χ3n) is 4.81. The molecule has 3 heteroatoms. The molecule has 2 atom stereocenters. The highest BCUT2D eigenvalue weighted by atomic mass is 16.5. The van der Waals surface area contributed by atoms with Crippen LogP contribution in [-0.2, 0) is 0 Å². The molecule has 20 heavy (non-hydrogen) atoms. The van der Waals surface area contributed by atoms with Gasteiger partial charge in [-0.15, -0.1) is 0 Å². The molecule has 2 aliphatic rings. The Morgan fingerprint density at radius 3 is 2.60 bits per heavy atom. The molecule has 1 aromatic rings. The largest absolute Gasteiger partial charge is 0.497 e. The fourth-order valence-electron chi connectivity index (χ4n) is 3.61. The van der Waals surface area contributed by atoms with Crippen LogP contribution in [0.15, 0.2) is 18.2 Å². The SMILES string of the molecule is COc1ccc2c(c1)OC(C1CCCCCC1)C[C@H]2N. The van der Waals surface area contributed by atoms with E-state index in [0.29, 0.717) is 5.92 Å². The summed E-state index contributed by atoms with van der Waals surface area (Å²) in [4.78, 5) is 0. The average Bonchev–Trinajstić information content (AvgIpc) is 2.75. The van der Waals surface area contributed by atoms with Gasteiger partial charge in [0.25, 0.3) is 0 Å². The van der Waals surface area contributed by atoms with Crippen LogP contribution >= 0.6 is 0 Å². The summed E-state index contributed by atoms with van der Waals surface area (Å²) in [5, 5.41) is 0. The summed E-state index contributed by atoms with van der Waals surface area (Å²) in [6, 6.07) is 6.09. The smallest absolute Gasteiger partial charge is 0.128 e. The van der Waals surface area contributed by atoms with E-state index in [0.717, 1.165) is 23.5 Å². The van der Waals surface area contributed by atoms with Gasteiger partial charge < -0.3 is 15.2 Å². The normalized spacial score (nSPS) is 27.3. The summed E-state index contributed by atoms with van der Waals surface area (Å²) in [7, 11) is 1.69. The van der Waals surface area contributed by atoms with Gasteiger partial charge in [0.15, 0.2) is 0 Å². The van der Waals surface area contributed by atoms with Crippen LogP contribution in [0.1, 0.15) is 56.6 Å². The summed E-state index contributed by atoms with van der Waals surface area (Å²) in [5.74, 6) is 2.44. The lowest BCUT2D eigenvalue weighted by Crippen LogP contribution is -2.35. The van der Waals surface area contributed by atoms with Gasteiger partial charge in [-0.05, 0) is 24.8 Å². The summed E-state index contributed by atoms with van der Waals surface area (Å²) < 4.78 is 11.6. The second-order valence-electron chi connectivity index (χ2n) is 6.15.